The molecule has 0 aromatic carbocycles. The van der Waals surface area contributed by atoms with Crippen LogP contribution in [0, 0.1) is 11.5 Å². The zero-order chi connectivity index (χ0) is 7.11. The van der Waals surface area contributed by atoms with Gasteiger partial charge in [-0.1, -0.05) is 5.16 Å². The fraction of sp³-hybridized carbons (Fsp3) is 0.250. The molecule has 0 radical (unpaired) electrons. The Balaban J connectivity index is 3.47. The van der Waals surface area contributed by atoms with Crippen LogP contribution >= 0.6 is 0 Å². The highest BCUT2D eigenvalue weighted by atomic mass is 16.6. The number of oxime groups is 1. The highest BCUT2D eigenvalue weighted by Gasteiger charge is 1.89. The van der Waals surface area contributed by atoms with Crippen LogP contribution in [0.2, 0.25) is 0 Å². The Morgan fingerprint density at radius 3 is 3.00 bits per heavy atom. The molecule has 0 saturated heterocycles. The van der Waals surface area contributed by atoms with Gasteiger partial charge in [-0.05, 0) is 0 Å². The minimum Gasteiger partial charge on any atom is -0.465 e. The first-order valence-corrected chi connectivity index (χ1v) is 1.97. The third-order valence-corrected chi connectivity index (χ3v) is 0.453. The molecule has 9 heavy (non-hydrogen) atoms. The quantitative estimate of drug-likeness (QED) is 0.220. The predicted octanol–water partition coefficient (Wildman–Crippen LogP) is -0.357. The van der Waals surface area contributed by atoms with Crippen molar-refractivity contribution in [1.29, 1.82) is 5.26 Å². The molecule has 0 fully saturated rings. The van der Waals surface area contributed by atoms with Crippen molar-refractivity contribution in [2.45, 2.75) is 0 Å². The number of ether oxygens (including phenoxy) is 1. The summed E-state index contributed by atoms with van der Waals surface area (Å²) < 4.78 is 4.12. The molecule has 5 heteroatoms. The van der Waals surface area contributed by atoms with E-state index in [0.29, 0.717) is 0 Å². The van der Waals surface area contributed by atoms with E-state index >= 15 is 0 Å². The lowest BCUT2D eigenvalue weighted by Crippen LogP contribution is -2.00. The first-order valence-electron chi connectivity index (χ1n) is 1.97. The van der Waals surface area contributed by atoms with E-state index in [1.807, 2.05) is 0 Å². The minimum atomic E-state index is -0.662. The Morgan fingerprint density at radius 2 is 2.56 bits per heavy atom. The Hall–Kier alpha value is -1.57. The molecule has 0 spiro atoms. The normalized spacial score (nSPS) is 8.44. The molecule has 0 bridgehead atoms. The maximum Gasteiger partial charge on any atom is 0.352 e. The van der Waals surface area contributed by atoms with Gasteiger partial charge in [0, 0.05) is 0 Å². The van der Waals surface area contributed by atoms with E-state index in [2.05, 4.69) is 14.7 Å². The summed E-state index contributed by atoms with van der Waals surface area (Å²) in [5.41, 5.74) is 0. The summed E-state index contributed by atoms with van der Waals surface area (Å²) in [6.45, 7) is 0. The SMILES string of the molecule is COC(=O)C=NOC#N. The Bertz CT molecular complexity index is 158. The van der Waals surface area contributed by atoms with Gasteiger partial charge in [0.2, 0.25) is 0 Å². The topological polar surface area (TPSA) is 71.7 Å². The number of rotatable bonds is 2. The number of carbonyl (C=O) groups excluding carboxylic acids is 1. The molecule has 0 rings (SSSR count). The highest BCUT2D eigenvalue weighted by molar-refractivity contribution is 6.22. The molecule has 0 aliphatic rings. The third-order valence-electron chi connectivity index (χ3n) is 0.453. The molecule has 0 saturated carbocycles. The van der Waals surface area contributed by atoms with E-state index in [0.717, 1.165) is 6.21 Å². The first kappa shape index (κ1) is 7.43. The summed E-state index contributed by atoms with van der Waals surface area (Å²) in [5, 5.41) is 10.6. The van der Waals surface area contributed by atoms with Gasteiger partial charge in [-0.3, -0.25) is 4.84 Å². The number of hydrogen-bond acceptors (Lipinski definition) is 5. The Kier molecular flexibility index (Phi) is 3.79. The summed E-state index contributed by atoms with van der Waals surface area (Å²) in [6.07, 6.45) is 1.99. The van der Waals surface area contributed by atoms with Crippen LogP contribution in [0.15, 0.2) is 5.16 Å². The predicted molar refractivity (Wildman–Crippen MR) is 27.2 cm³/mol. The monoisotopic (exact) mass is 128 g/mol. The van der Waals surface area contributed by atoms with Gasteiger partial charge in [0.1, 0.15) is 0 Å². The average Bonchev–Trinajstić information content (AvgIpc) is 1.89. The zero-order valence-corrected chi connectivity index (χ0v) is 4.70. The van der Waals surface area contributed by atoms with Gasteiger partial charge in [-0.15, -0.1) is 5.26 Å². The van der Waals surface area contributed by atoms with Crippen molar-refractivity contribution in [2.24, 2.45) is 5.16 Å². The lowest BCUT2D eigenvalue weighted by molar-refractivity contribution is -0.132. The smallest absolute Gasteiger partial charge is 0.352 e. The molecule has 0 unspecified atom stereocenters. The molecule has 0 aliphatic carbocycles. The van der Waals surface area contributed by atoms with Crippen molar-refractivity contribution in [3.05, 3.63) is 0 Å². The largest absolute Gasteiger partial charge is 0.465 e. The van der Waals surface area contributed by atoms with Gasteiger partial charge in [0.05, 0.1) is 7.11 Å². The van der Waals surface area contributed by atoms with Crippen molar-refractivity contribution in [2.75, 3.05) is 7.11 Å². The molecule has 0 amide bonds. The molecular weight excluding hydrogens is 124 g/mol. The molecule has 0 aromatic heterocycles. The molecule has 0 aliphatic heterocycles. The van der Waals surface area contributed by atoms with Gasteiger partial charge in [-0.25, -0.2) is 4.79 Å². The lowest BCUT2D eigenvalue weighted by atomic mass is 10.8. The molecule has 0 aromatic rings. The Morgan fingerprint density at radius 1 is 1.89 bits per heavy atom. The van der Waals surface area contributed by atoms with Crippen molar-refractivity contribution >= 4 is 12.2 Å². The standard InChI is InChI=1S/C4H4N2O3/c1-8-4(7)2-6-9-3-5/h2H,1H3. The number of nitriles is 1. The minimum absolute atomic E-state index is 0.662. The number of esters is 1. The van der Waals surface area contributed by atoms with Gasteiger partial charge >= 0.3 is 12.2 Å². The van der Waals surface area contributed by atoms with Crippen LogP contribution in [0.3, 0.4) is 0 Å². The van der Waals surface area contributed by atoms with Gasteiger partial charge in [0.25, 0.3) is 0 Å². The van der Waals surface area contributed by atoms with Crippen LogP contribution in [0.5, 0.6) is 0 Å². The van der Waals surface area contributed by atoms with E-state index in [-0.39, 0.29) is 0 Å². The number of nitrogens with zero attached hydrogens (tertiary/aromatic N) is 2. The number of methoxy groups -OCH3 is 1. The number of hydrogen-bond donors (Lipinski definition) is 0. The third kappa shape index (κ3) is 4.28. The van der Waals surface area contributed by atoms with E-state index in [1.54, 1.807) is 0 Å². The molecule has 0 N–H and O–H groups in total. The maximum absolute atomic E-state index is 10.1. The van der Waals surface area contributed by atoms with E-state index in [9.17, 15) is 4.79 Å². The summed E-state index contributed by atoms with van der Waals surface area (Å²) in [5.74, 6) is -0.662. The second-order valence-electron chi connectivity index (χ2n) is 0.940. The van der Waals surface area contributed by atoms with E-state index in [4.69, 9.17) is 5.26 Å². The van der Waals surface area contributed by atoms with Crippen LogP contribution in [-0.2, 0) is 14.4 Å². The molecule has 0 atom stereocenters. The average molecular weight is 128 g/mol. The Labute approximate surface area is 51.5 Å². The van der Waals surface area contributed by atoms with Crippen LogP contribution < -0.4 is 0 Å². The molecule has 5 nitrogen and oxygen atoms in total. The van der Waals surface area contributed by atoms with E-state index in [1.165, 1.54) is 13.4 Å². The second kappa shape index (κ2) is 4.59. The van der Waals surface area contributed by atoms with Crippen LogP contribution in [0.4, 0.5) is 0 Å². The fourth-order valence-electron chi connectivity index (χ4n) is 0.146. The number of carbonyl (C=O) groups is 1. The lowest BCUT2D eigenvalue weighted by Gasteiger charge is -1.84. The van der Waals surface area contributed by atoms with Gasteiger partial charge in [-0.2, -0.15) is 0 Å². The molecule has 0 heterocycles. The maximum atomic E-state index is 10.1. The molecular formula is C4H4N2O3. The van der Waals surface area contributed by atoms with Crippen molar-refractivity contribution in [1.82, 2.24) is 0 Å². The second-order valence-corrected chi connectivity index (χ2v) is 0.940. The summed E-state index contributed by atoms with van der Waals surface area (Å²) >= 11 is 0. The van der Waals surface area contributed by atoms with Crippen LogP contribution in [-0.4, -0.2) is 19.3 Å². The fourth-order valence-corrected chi connectivity index (χ4v) is 0.146. The van der Waals surface area contributed by atoms with Crippen molar-refractivity contribution in [3.8, 4) is 6.26 Å². The van der Waals surface area contributed by atoms with Gasteiger partial charge < -0.3 is 4.74 Å². The summed E-state index contributed by atoms with van der Waals surface area (Å²) in [6, 6.07) is 0. The first-order chi connectivity index (χ1) is 4.31. The highest BCUT2D eigenvalue weighted by Crippen LogP contribution is 1.70. The van der Waals surface area contributed by atoms with Crippen molar-refractivity contribution < 1.29 is 14.4 Å². The van der Waals surface area contributed by atoms with Gasteiger partial charge in [0.15, 0.2) is 6.21 Å². The summed E-state index contributed by atoms with van der Waals surface area (Å²) in [7, 11) is 1.20. The van der Waals surface area contributed by atoms with Crippen molar-refractivity contribution in [3.63, 3.8) is 0 Å². The van der Waals surface area contributed by atoms with Crippen LogP contribution in [0.25, 0.3) is 0 Å². The summed E-state index contributed by atoms with van der Waals surface area (Å²) in [4.78, 5) is 13.9. The van der Waals surface area contributed by atoms with E-state index < -0.39 is 5.97 Å². The van der Waals surface area contributed by atoms with Crippen LogP contribution in [0.1, 0.15) is 0 Å². The zero-order valence-electron chi connectivity index (χ0n) is 4.70. The molecule has 48 valence electrons.